The van der Waals surface area contributed by atoms with Crippen LogP contribution in [0.1, 0.15) is 28.1 Å². The van der Waals surface area contributed by atoms with Gasteiger partial charge in [-0.3, -0.25) is 9.59 Å². The van der Waals surface area contributed by atoms with Gasteiger partial charge in [0.15, 0.2) is 0 Å². The van der Waals surface area contributed by atoms with Gasteiger partial charge in [-0.05, 0) is 31.4 Å². The minimum atomic E-state index is -1.03. The fourth-order valence-electron chi connectivity index (χ4n) is 2.81. The van der Waals surface area contributed by atoms with E-state index in [0.29, 0.717) is 23.4 Å². The van der Waals surface area contributed by atoms with Crippen LogP contribution in [0, 0.1) is 18.8 Å². The second-order valence-electron chi connectivity index (χ2n) is 5.07. The summed E-state index contributed by atoms with van der Waals surface area (Å²) < 4.78 is 0. The van der Waals surface area contributed by atoms with Gasteiger partial charge in [-0.25, -0.2) is 9.69 Å². The average Bonchev–Trinajstić information content (AvgIpc) is 2.90. The Morgan fingerprint density at radius 3 is 2.25 bits per heavy atom. The molecule has 104 valence electrons. The van der Waals surface area contributed by atoms with E-state index in [-0.39, 0.29) is 28.5 Å². The number of allylic oxidation sites excluding steroid dienone is 2. The van der Waals surface area contributed by atoms with Crippen LogP contribution in [0.4, 0.5) is 5.00 Å². The number of carboxylic acid groups (broad SMARTS) is 1. The quantitative estimate of drug-likeness (QED) is 0.669. The van der Waals surface area contributed by atoms with Crippen molar-refractivity contribution < 1.29 is 19.5 Å². The SMILES string of the molecule is Cc1cc(N2C(=O)C3CC=CCC3C2=O)sc1C(=O)O. The van der Waals surface area contributed by atoms with Crippen LogP contribution in [0.3, 0.4) is 0 Å². The third-order valence-electron chi connectivity index (χ3n) is 3.83. The number of carbonyl (C=O) groups is 3. The molecule has 2 amide bonds. The molecule has 0 aromatic carbocycles. The van der Waals surface area contributed by atoms with Gasteiger partial charge in [0.2, 0.25) is 11.8 Å². The fraction of sp³-hybridized carbons (Fsp3) is 0.357. The zero-order chi connectivity index (χ0) is 14.4. The molecule has 1 aromatic heterocycles. The molecule has 1 N–H and O–H groups in total. The van der Waals surface area contributed by atoms with Crippen LogP contribution in [-0.4, -0.2) is 22.9 Å². The van der Waals surface area contributed by atoms with Crippen LogP contribution in [0.25, 0.3) is 0 Å². The van der Waals surface area contributed by atoms with Gasteiger partial charge in [0.25, 0.3) is 0 Å². The third-order valence-corrected chi connectivity index (χ3v) is 5.04. The fourth-order valence-corrected chi connectivity index (χ4v) is 3.83. The summed E-state index contributed by atoms with van der Waals surface area (Å²) in [7, 11) is 0. The van der Waals surface area contributed by atoms with E-state index in [1.807, 2.05) is 12.2 Å². The molecule has 0 radical (unpaired) electrons. The van der Waals surface area contributed by atoms with Crippen molar-refractivity contribution in [2.24, 2.45) is 11.8 Å². The van der Waals surface area contributed by atoms with Crippen LogP contribution in [0.2, 0.25) is 0 Å². The molecule has 0 spiro atoms. The molecule has 3 rings (SSSR count). The number of hydrogen-bond donors (Lipinski definition) is 1. The first-order chi connectivity index (χ1) is 9.50. The summed E-state index contributed by atoms with van der Waals surface area (Å²) in [6.45, 7) is 1.67. The normalized spacial score (nSPS) is 25.1. The van der Waals surface area contributed by atoms with Crippen molar-refractivity contribution in [1.82, 2.24) is 0 Å². The zero-order valence-electron chi connectivity index (χ0n) is 10.8. The van der Waals surface area contributed by atoms with E-state index in [1.165, 1.54) is 4.90 Å². The number of hydrogen-bond acceptors (Lipinski definition) is 4. The topological polar surface area (TPSA) is 74.7 Å². The van der Waals surface area contributed by atoms with E-state index >= 15 is 0 Å². The molecule has 2 aliphatic rings. The Kier molecular flexibility index (Phi) is 2.97. The molecular formula is C14H13NO4S. The number of rotatable bonds is 2. The van der Waals surface area contributed by atoms with Gasteiger partial charge in [0.05, 0.1) is 11.8 Å². The van der Waals surface area contributed by atoms with E-state index in [9.17, 15) is 14.4 Å². The number of thiophene rings is 1. The molecule has 0 saturated carbocycles. The molecule has 20 heavy (non-hydrogen) atoms. The summed E-state index contributed by atoms with van der Waals surface area (Å²) in [5.41, 5.74) is 0.575. The monoisotopic (exact) mass is 291 g/mol. The number of nitrogens with zero attached hydrogens (tertiary/aromatic N) is 1. The van der Waals surface area contributed by atoms with Crippen LogP contribution in [0.5, 0.6) is 0 Å². The number of aromatic carboxylic acids is 1. The van der Waals surface area contributed by atoms with E-state index in [2.05, 4.69) is 0 Å². The lowest BCUT2D eigenvalue weighted by Gasteiger charge is -2.14. The van der Waals surface area contributed by atoms with Crippen molar-refractivity contribution in [3.05, 3.63) is 28.7 Å². The lowest BCUT2D eigenvalue weighted by atomic mass is 9.85. The minimum absolute atomic E-state index is 0.175. The van der Waals surface area contributed by atoms with E-state index in [4.69, 9.17) is 5.11 Å². The molecule has 1 aliphatic carbocycles. The van der Waals surface area contributed by atoms with Crippen LogP contribution in [-0.2, 0) is 9.59 Å². The van der Waals surface area contributed by atoms with Crippen LogP contribution < -0.4 is 4.90 Å². The Labute approximate surface area is 119 Å². The first-order valence-corrected chi connectivity index (χ1v) is 7.19. The van der Waals surface area contributed by atoms with Crippen molar-refractivity contribution in [2.45, 2.75) is 19.8 Å². The molecule has 1 aromatic rings. The highest BCUT2D eigenvalue weighted by Gasteiger charge is 2.48. The lowest BCUT2D eigenvalue weighted by Crippen LogP contribution is -2.30. The molecule has 6 heteroatoms. The van der Waals surface area contributed by atoms with E-state index in [1.54, 1.807) is 13.0 Å². The number of aryl methyl sites for hydroxylation is 1. The van der Waals surface area contributed by atoms with E-state index < -0.39 is 5.97 Å². The zero-order valence-corrected chi connectivity index (χ0v) is 11.6. The van der Waals surface area contributed by atoms with Crippen molar-refractivity contribution in [1.29, 1.82) is 0 Å². The molecule has 1 fully saturated rings. The summed E-state index contributed by atoms with van der Waals surface area (Å²) in [5, 5.41) is 9.49. The summed E-state index contributed by atoms with van der Waals surface area (Å²) >= 11 is 0.982. The third kappa shape index (κ3) is 1.79. The Hall–Kier alpha value is -1.95. The first-order valence-electron chi connectivity index (χ1n) is 6.37. The Bertz CT molecular complexity index is 620. The standard InChI is InChI=1S/C14H13NO4S/c1-7-6-10(20-11(7)14(18)19)15-12(16)8-4-2-3-5-9(8)13(15)17/h2-3,6,8-9H,4-5H2,1H3,(H,18,19). The highest BCUT2D eigenvalue weighted by Crippen LogP contribution is 2.40. The minimum Gasteiger partial charge on any atom is -0.477 e. The number of fused-ring (bicyclic) bond motifs is 1. The molecule has 1 aliphatic heterocycles. The summed E-state index contributed by atoms with van der Waals surface area (Å²) in [4.78, 5) is 37.2. The number of imide groups is 1. The molecule has 2 unspecified atom stereocenters. The van der Waals surface area contributed by atoms with Gasteiger partial charge in [-0.2, -0.15) is 0 Å². The smallest absolute Gasteiger partial charge is 0.346 e. The van der Waals surface area contributed by atoms with Gasteiger partial charge in [0.1, 0.15) is 9.88 Å². The summed E-state index contributed by atoms with van der Waals surface area (Å²) in [6.07, 6.45) is 5.03. The summed E-state index contributed by atoms with van der Waals surface area (Å²) in [5.74, 6) is -2.02. The molecule has 5 nitrogen and oxygen atoms in total. The van der Waals surface area contributed by atoms with Gasteiger partial charge >= 0.3 is 5.97 Å². The van der Waals surface area contributed by atoms with Crippen molar-refractivity contribution in [3.8, 4) is 0 Å². The Morgan fingerprint density at radius 1 is 1.25 bits per heavy atom. The van der Waals surface area contributed by atoms with Gasteiger partial charge in [0, 0.05) is 0 Å². The Balaban J connectivity index is 1.99. The maximum atomic E-state index is 12.4. The van der Waals surface area contributed by atoms with Gasteiger partial charge in [-0.1, -0.05) is 12.2 Å². The molecule has 1 saturated heterocycles. The van der Waals surface area contributed by atoms with Crippen molar-refractivity contribution >= 4 is 34.1 Å². The number of carboxylic acids is 1. The highest BCUT2D eigenvalue weighted by molar-refractivity contribution is 7.18. The van der Waals surface area contributed by atoms with E-state index in [0.717, 1.165) is 11.3 Å². The predicted octanol–water partition coefficient (Wildman–Crippen LogP) is 2.21. The molecule has 2 atom stereocenters. The number of anilines is 1. The van der Waals surface area contributed by atoms with Crippen LogP contribution in [0.15, 0.2) is 18.2 Å². The maximum Gasteiger partial charge on any atom is 0.346 e. The largest absolute Gasteiger partial charge is 0.477 e. The van der Waals surface area contributed by atoms with Crippen LogP contribution >= 0.6 is 11.3 Å². The second-order valence-corrected chi connectivity index (χ2v) is 6.10. The van der Waals surface area contributed by atoms with Crippen molar-refractivity contribution in [3.63, 3.8) is 0 Å². The lowest BCUT2D eigenvalue weighted by molar-refractivity contribution is -0.122. The average molecular weight is 291 g/mol. The first kappa shape index (κ1) is 13.1. The second kappa shape index (κ2) is 4.56. The highest BCUT2D eigenvalue weighted by atomic mass is 32.1. The number of amides is 2. The summed E-state index contributed by atoms with van der Waals surface area (Å²) in [6, 6.07) is 1.61. The van der Waals surface area contributed by atoms with Crippen molar-refractivity contribution in [2.75, 3.05) is 4.90 Å². The Morgan fingerprint density at radius 2 is 1.80 bits per heavy atom. The molecule has 0 bridgehead atoms. The number of carbonyl (C=O) groups excluding carboxylic acids is 2. The van der Waals surface area contributed by atoms with Gasteiger partial charge in [-0.15, -0.1) is 11.3 Å². The predicted molar refractivity (Wildman–Crippen MR) is 73.9 cm³/mol. The van der Waals surface area contributed by atoms with Gasteiger partial charge < -0.3 is 5.11 Å². The molecule has 2 heterocycles. The molecular weight excluding hydrogens is 278 g/mol. The maximum absolute atomic E-state index is 12.4.